The number of halogens is 3. The van der Waals surface area contributed by atoms with Crippen LogP contribution in [0, 0.1) is 17.5 Å². The predicted molar refractivity (Wildman–Crippen MR) is 83.7 cm³/mol. The third-order valence-corrected chi connectivity index (χ3v) is 4.76. The second-order valence-corrected chi connectivity index (χ2v) is 6.18. The van der Waals surface area contributed by atoms with Crippen molar-refractivity contribution in [1.82, 2.24) is 4.90 Å². The summed E-state index contributed by atoms with van der Waals surface area (Å²) < 4.78 is 40.3. The lowest BCUT2D eigenvalue weighted by atomic mass is 10.2. The maximum absolute atomic E-state index is 13.6. The fraction of sp³-hybridized carbons (Fsp3) is 0.188. The van der Waals surface area contributed by atoms with E-state index in [1.165, 1.54) is 34.9 Å². The van der Waals surface area contributed by atoms with E-state index < -0.39 is 23.4 Å². The number of hydrogen-bond donors (Lipinski definition) is 1. The van der Waals surface area contributed by atoms with Crippen LogP contribution in [0.4, 0.5) is 23.7 Å². The molecular weight excluding hydrogens is 325 g/mol. The number of rotatable bonds is 2. The molecule has 1 heterocycles. The van der Waals surface area contributed by atoms with Gasteiger partial charge in [0.15, 0.2) is 0 Å². The summed E-state index contributed by atoms with van der Waals surface area (Å²) in [5.41, 5.74) is 0.297. The number of hydrogen-bond acceptors (Lipinski definition) is 2. The maximum atomic E-state index is 13.6. The van der Waals surface area contributed by atoms with Crippen molar-refractivity contribution >= 4 is 23.5 Å². The summed E-state index contributed by atoms with van der Waals surface area (Å²) in [5.74, 6) is -1.33. The molecule has 0 aromatic heterocycles. The van der Waals surface area contributed by atoms with Crippen molar-refractivity contribution in [2.24, 2.45) is 0 Å². The first-order valence-electron chi connectivity index (χ1n) is 6.95. The van der Waals surface area contributed by atoms with Gasteiger partial charge in [0.05, 0.1) is 0 Å². The Kier molecular flexibility index (Phi) is 4.47. The highest BCUT2D eigenvalue weighted by molar-refractivity contribution is 7.99. The summed E-state index contributed by atoms with van der Waals surface area (Å²) in [7, 11) is 0. The van der Waals surface area contributed by atoms with Gasteiger partial charge < -0.3 is 10.2 Å². The Hall–Kier alpha value is -2.15. The molecule has 0 radical (unpaired) electrons. The zero-order valence-corrected chi connectivity index (χ0v) is 12.7. The largest absolute Gasteiger partial charge is 0.323 e. The molecule has 3 nitrogen and oxygen atoms in total. The van der Waals surface area contributed by atoms with Crippen LogP contribution < -0.4 is 5.32 Å². The summed E-state index contributed by atoms with van der Waals surface area (Å²) in [4.78, 5) is 13.8. The normalized spacial score (nSPS) is 17.3. The molecule has 1 aliphatic heterocycles. The number of urea groups is 1. The first kappa shape index (κ1) is 15.7. The average molecular weight is 338 g/mol. The van der Waals surface area contributed by atoms with Crippen molar-refractivity contribution in [3.8, 4) is 0 Å². The van der Waals surface area contributed by atoms with E-state index in [9.17, 15) is 18.0 Å². The lowest BCUT2D eigenvalue weighted by molar-refractivity contribution is 0.214. The highest BCUT2D eigenvalue weighted by atomic mass is 32.2. The second-order valence-electron chi connectivity index (χ2n) is 4.99. The Morgan fingerprint density at radius 1 is 1.09 bits per heavy atom. The van der Waals surface area contributed by atoms with Crippen molar-refractivity contribution < 1.29 is 18.0 Å². The minimum absolute atomic E-state index is 0.314. The van der Waals surface area contributed by atoms with Gasteiger partial charge in [0, 0.05) is 12.3 Å². The molecule has 2 aromatic carbocycles. The van der Waals surface area contributed by atoms with Crippen LogP contribution in [-0.4, -0.2) is 23.2 Å². The van der Waals surface area contributed by atoms with Crippen molar-refractivity contribution in [3.63, 3.8) is 0 Å². The molecular formula is C16H13F3N2OS. The van der Waals surface area contributed by atoms with E-state index in [-0.39, 0.29) is 11.2 Å². The van der Waals surface area contributed by atoms with Crippen LogP contribution >= 0.6 is 11.8 Å². The van der Waals surface area contributed by atoms with Gasteiger partial charge in [-0.25, -0.2) is 18.0 Å². The van der Waals surface area contributed by atoms with Crippen LogP contribution in [0.5, 0.6) is 0 Å². The van der Waals surface area contributed by atoms with Crippen LogP contribution in [-0.2, 0) is 0 Å². The van der Waals surface area contributed by atoms with Gasteiger partial charge in [0.2, 0.25) is 0 Å². The summed E-state index contributed by atoms with van der Waals surface area (Å²) in [6.07, 6.45) is 0. The van der Waals surface area contributed by atoms with Gasteiger partial charge in [-0.05, 0) is 29.8 Å². The number of para-hydroxylation sites is 1. The van der Waals surface area contributed by atoms with E-state index in [0.717, 1.165) is 17.7 Å². The number of amides is 2. The van der Waals surface area contributed by atoms with E-state index >= 15 is 0 Å². The monoisotopic (exact) mass is 338 g/mol. The SMILES string of the molecule is O=C(Nc1c(F)cccc1F)N1CCS[C@@H]1c1ccc(F)cc1. The van der Waals surface area contributed by atoms with E-state index in [2.05, 4.69) is 5.32 Å². The summed E-state index contributed by atoms with van der Waals surface area (Å²) in [5, 5.41) is 1.97. The molecule has 7 heteroatoms. The zero-order chi connectivity index (χ0) is 16.4. The topological polar surface area (TPSA) is 32.3 Å². The van der Waals surface area contributed by atoms with E-state index in [4.69, 9.17) is 0 Å². The average Bonchev–Trinajstić information content (AvgIpc) is 3.01. The van der Waals surface area contributed by atoms with E-state index in [1.54, 1.807) is 12.1 Å². The predicted octanol–water partition coefficient (Wildman–Crippen LogP) is 4.38. The molecule has 1 aliphatic rings. The summed E-state index contributed by atoms with van der Waals surface area (Å²) >= 11 is 1.51. The first-order chi connectivity index (χ1) is 11.1. The molecule has 0 bridgehead atoms. The number of thioether (sulfide) groups is 1. The Bertz CT molecular complexity index is 704. The number of nitrogens with one attached hydrogen (secondary N) is 1. The summed E-state index contributed by atoms with van der Waals surface area (Å²) in [6, 6.07) is 8.64. The highest BCUT2D eigenvalue weighted by Crippen LogP contribution is 2.38. The standard InChI is InChI=1S/C16H13F3N2OS/c17-11-6-4-10(5-7-11)15-21(8-9-23-15)16(22)20-14-12(18)2-1-3-13(14)19/h1-7,15H,8-9H2,(H,20,22)/t15-/m1/s1. The van der Waals surface area contributed by atoms with Gasteiger partial charge in [-0.1, -0.05) is 18.2 Å². The maximum Gasteiger partial charge on any atom is 0.323 e. The first-order valence-corrected chi connectivity index (χ1v) is 8.00. The van der Waals surface area contributed by atoms with Crippen molar-refractivity contribution in [2.45, 2.75) is 5.37 Å². The highest BCUT2D eigenvalue weighted by Gasteiger charge is 2.31. The molecule has 0 aliphatic carbocycles. The Morgan fingerprint density at radius 2 is 1.74 bits per heavy atom. The minimum Gasteiger partial charge on any atom is -0.308 e. The van der Waals surface area contributed by atoms with E-state index in [0.29, 0.717) is 12.3 Å². The molecule has 1 saturated heterocycles. The van der Waals surface area contributed by atoms with E-state index in [1.807, 2.05) is 0 Å². The number of benzene rings is 2. The molecule has 0 unspecified atom stereocenters. The molecule has 23 heavy (non-hydrogen) atoms. The van der Waals surface area contributed by atoms with Gasteiger partial charge in [-0.15, -0.1) is 11.8 Å². The third-order valence-electron chi connectivity index (χ3n) is 3.50. The minimum atomic E-state index is -0.830. The Labute approximate surface area is 135 Å². The van der Waals surface area contributed by atoms with Crippen molar-refractivity contribution in [1.29, 1.82) is 0 Å². The lowest BCUT2D eigenvalue weighted by Crippen LogP contribution is -2.34. The van der Waals surface area contributed by atoms with Crippen LogP contribution in [0.2, 0.25) is 0 Å². The number of carbonyl (C=O) groups is 1. The van der Waals surface area contributed by atoms with Crippen molar-refractivity contribution in [2.75, 3.05) is 17.6 Å². The van der Waals surface area contributed by atoms with Gasteiger partial charge in [0.1, 0.15) is 28.5 Å². The van der Waals surface area contributed by atoms with Gasteiger partial charge >= 0.3 is 6.03 Å². The molecule has 3 rings (SSSR count). The number of carbonyl (C=O) groups excluding carboxylic acids is 1. The van der Waals surface area contributed by atoms with Crippen LogP contribution in [0.1, 0.15) is 10.9 Å². The zero-order valence-electron chi connectivity index (χ0n) is 11.9. The second kappa shape index (κ2) is 6.54. The fourth-order valence-corrected chi connectivity index (χ4v) is 3.63. The molecule has 2 aromatic rings. The fourth-order valence-electron chi connectivity index (χ4n) is 2.38. The lowest BCUT2D eigenvalue weighted by Gasteiger charge is -2.24. The van der Waals surface area contributed by atoms with Gasteiger partial charge in [0.25, 0.3) is 0 Å². The summed E-state index contributed by atoms with van der Waals surface area (Å²) in [6.45, 7) is 0.439. The van der Waals surface area contributed by atoms with Gasteiger partial charge in [-0.2, -0.15) is 0 Å². The van der Waals surface area contributed by atoms with Crippen LogP contribution in [0.15, 0.2) is 42.5 Å². The Morgan fingerprint density at radius 3 is 2.39 bits per heavy atom. The molecule has 0 saturated carbocycles. The smallest absolute Gasteiger partial charge is 0.308 e. The number of nitrogens with zero attached hydrogens (tertiary/aromatic N) is 1. The van der Waals surface area contributed by atoms with Crippen LogP contribution in [0.25, 0.3) is 0 Å². The number of anilines is 1. The van der Waals surface area contributed by atoms with Crippen LogP contribution in [0.3, 0.4) is 0 Å². The Balaban J connectivity index is 1.80. The quantitative estimate of drug-likeness (QED) is 0.881. The molecule has 1 fully saturated rings. The van der Waals surface area contributed by atoms with Gasteiger partial charge in [-0.3, -0.25) is 0 Å². The third kappa shape index (κ3) is 3.29. The molecule has 2 amide bonds. The van der Waals surface area contributed by atoms with Crippen molar-refractivity contribution in [3.05, 3.63) is 65.5 Å². The molecule has 0 spiro atoms. The molecule has 1 atom stereocenters. The molecule has 1 N–H and O–H groups in total. The molecule has 120 valence electrons.